The van der Waals surface area contributed by atoms with Crippen LogP contribution in [0.1, 0.15) is 17.2 Å². The van der Waals surface area contributed by atoms with Crippen LogP contribution in [0.25, 0.3) is 5.76 Å². The third kappa shape index (κ3) is 3.62. The van der Waals surface area contributed by atoms with Crippen molar-refractivity contribution in [3.63, 3.8) is 0 Å². The second-order valence-corrected chi connectivity index (χ2v) is 7.35. The maximum atomic E-state index is 13.1. The second-order valence-electron chi connectivity index (χ2n) is 6.95. The first-order chi connectivity index (χ1) is 14.9. The number of aromatic hydroxyl groups is 1. The number of aliphatic hydroxyl groups is 1. The van der Waals surface area contributed by atoms with Crippen molar-refractivity contribution >= 4 is 34.7 Å². The summed E-state index contributed by atoms with van der Waals surface area (Å²) in [5.74, 6) is -1.42. The number of carbonyl (C=O) groups is 2. The van der Waals surface area contributed by atoms with Crippen molar-refractivity contribution in [2.45, 2.75) is 6.04 Å². The number of rotatable bonds is 4. The van der Waals surface area contributed by atoms with E-state index >= 15 is 0 Å². The topological polar surface area (TPSA) is 87.1 Å². The first kappa shape index (κ1) is 20.5. The molecular weight excluding hydrogens is 418 g/mol. The Morgan fingerprint density at radius 1 is 1.00 bits per heavy atom. The Bertz CT molecular complexity index is 1190. The summed E-state index contributed by atoms with van der Waals surface area (Å²) < 4.78 is 5.17. The van der Waals surface area contributed by atoms with Gasteiger partial charge in [-0.3, -0.25) is 14.5 Å². The molecule has 3 aromatic carbocycles. The third-order valence-corrected chi connectivity index (χ3v) is 5.41. The molecule has 4 rings (SSSR count). The number of amides is 1. The lowest BCUT2D eigenvalue weighted by Crippen LogP contribution is -2.29. The molecule has 1 unspecified atom stereocenters. The van der Waals surface area contributed by atoms with Crippen LogP contribution in [0.5, 0.6) is 11.5 Å². The Labute approximate surface area is 183 Å². The van der Waals surface area contributed by atoms with E-state index in [1.807, 2.05) is 0 Å². The van der Waals surface area contributed by atoms with Gasteiger partial charge in [-0.15, -0.1) is 0 Å². The number of aliphatic hydroxyl groups excluding tert-OH is 1. The van der Waals surface area contributed by atoms with Gasteiger partial charge in [0.2, 0.25) is 0 Å². The first-order valence-electron chi connectivity index (χ1n) is 9.41. The van der Waals surface area contributed by atoms with Crippen LogP contribution in [0.2, 0.25) is 5.02 Å². The van der Waals surface area contributed by atoms with Gasteiger partial charge in [-0.25, -0.2) is 0 Å². The molecule has 2 N–H and O–H groups in total. The number of benzene rings is 3. The van der Waals surface area contributed by atoms with E-state index in [9.17, 15) is 19.8 Å². The number of phenols is 1. The molecule has 7 heteroatoms. The van der Waals surface area contributed by atoms with E-state index in [0.29, 0.717) is 22.6 Å². The highest BCUT2D eigenvalue weighted by atomic mass is 35.5. The average molecular weight is 436 g/mol. The standard InChI is InChI=1S/C24H18ClNO5/c1-31-19-12-9-16(13-18(19)25)26-21(14-7-10-17(27)11-8-14)20(23(29)24(26)30)22(28)15-5-3-2-4-6-15/h2-13,21,27-28H,1H3/b22-20+. The molecule has 1 aliphatic heterocycles. The lowest BCUT2D eigenvalue weighted by Gasteiger charge is -2.26. The molecule has 0 spiro atoms. The van der Waals surface area contributed by atoms with Crippen molar-refractivity contribution in [3.8, 4) is 11.5 Å². The van der Waals surface area contributed by atoms with Crippen molar-refractivity contribution in [1.29, 1.82) is 0 Å². The first-order valence-corrected chi connectivity index (χ1v) is 9.79. The number of carbonyl (C=O) groups excluding carboxylic acids is 2. The minimum absolute atomic E-state index is 0.0382. The van der Waals surface area contributed by atoms with Crippen molar-refractivity contribution in [1.82, 2.24) is 0 Å². The lowest BCUT2D eigenvalue weighted by atomic mass is 9.95. The maximum absolute atomic E-state index is 13.1. The molecule has 156 valence electrons. The fraction of sp³-hybridized carbons (Fsp3) is 0.0833. The van der Waals surface area contributed by atoms with Gasteiger partial charge in [0.25, 0.3) is 11.7 Å². The predicted molar refractivity (Wildman–Crippen MR) is 117 cm³/mol. The second kappa shape index (κ2) is 8.16. The molecule has 3 aromatic rings. The van der Waals surface area contributed by atoms with Gasteiger partial charge in [0.15, 0.2) is 0 Å². The molecule has 0 aromatic heterocycles. The number of methoxy groups -OCH3 is 1. The molecule has 0 bridgehead atoms. The Kier molecular flexibility index (Phi) is 5.40. The Morgan fingerprint density at radius 3 is 2.29 bits per heavy atom. The molecule has 1 amide bonds. The van der Waals surface area contributed by atoms with Crippen LogP contribution in [0.15, 0.2) is 78.4 Å². The Morgan fingerprint density at radius 2 is 1.68 bits per heavy atom. The van der Waals surface area contributed by atoms with Gasteiger partial charge in [-0.1, -0.05) is 54.1 Å². The van der Waals surface area contributed by atoms with Crippen LogP contribution in [0.4, 0.5) is 5.69 Å². The van der Waals surface area contributed by atoms with Gasteiger partial charge in [0, 0.05) is 11.3 Å². The van der Waals surface area contributed by atoms with E-state index in [2.05, 4.69) is 0 Å². The van der Waals surface area contributed by atoms with Crippen molar-refractivity contribution in [3.05, 3.63) is 94.5 Å². The predicted octanol–water partition coefficient (Wildman–Crippen LogP) is 4.68. The summed E-state index contributed by atoms with van der Waals surface area (Å²) in [6.45, 7) is 0. The molecule has 1 fully saturated rings. The van der Waals surface area contributed by atoms with Crippen LogP contribution in [0, 0.1) is 0 Å². The zero-order valence-electron chi connectivity index (χ0n) is 16.4. The van der Waals surface area contributed by atoms with Gasteiger partial charge in [0.05, 0.1) is 23.7 Å². The van der Waals surface area contributed by atoms with Gasteiger partial charge in [0.1, 0.15) is 17.3 Å². The Balaban J connectivity index is 1.94. The van der Waals surface area contributed by atoms with Crippen molar-refractivity contribution in [2.24, 2.45) is 0 Å². The van der Waals surface area contributed by atoms with Gasteiger partial charge >= 0.3 is 0 Å². The van der Waals surface area contributed by atoms with Crippen LogP contribution in [-0.2, 0) is 9.59 Å². The lowest BCUT2D eigenvalue weighted by molar-refractivity contribution is -0.132. The fourth-order valence-corrected chi connectivity index (χ4v) is 3.88. The summed E-state index contributed by atoms with van der Waals surface area (Å²) in [4.78, 5) is 27.4. The number of ether oxygens (including phenoxy) is 1. The highest BCUT2D eigenvalue weighted by Gasteiger charge is 2.47. The number of halogens is 1. The molecule has 6 nitrogen and oxygen atoms in total. The van der Waals surface area contributed by atoms with Crippen LogP contribution in [-0.4, -0.2) is 29.0 Å². The van der Waals surface area contributed by atoms with E-state index < -0.39 is 17.7 Å². The zero-order valence-corrected chi connectivity index (χ0v) is 17.2. The summed E-state index contributed by atoms with van der Waals surface area (Å²) in [5, 5.41) is 20.9. The summed E-state index contributed by atoms with van der Waals surface area (Å²) in [5.41, 5.74) is 1.28. The molecule has 1 saturated heterocycles. The minimum Gasteiger partial charge on any atom is -0.508 e. The number of phenolic OH excluding ortho intramolecular Hbond substituents is 1. The molecule has 31 heavy (non-hydrogen) atoms. The quantitative estimate of drug-likeness (QED) is 0.353. The number of hydrogen-bond donors (Lipinski definition) is 2. The summed E-state index contributed by atoms with van der Waals surface area (Å²) in [6.07, 6.45) is 0. The fourth-order valence-electron chi connectivity index (χ4n) is 3.63. The highest BCUT2D eigenvalue weighted by molar-refractivity contribution is 6.51. The number of nitrogens with zero attached hydrogens (tertiary/aromatic N) is 1. The highest BCUT2D eigenvalue weighted by Crippen LogP contribution is 2.43. The Hall–Kier alpha value is -3.77. The number of hydrogen-bond acceptors (Lipinski definition) is 5. The number of Topliss-reactive ketones (excluding diaryl/α,β-unsaturated/α-hetero) is 1. The van der Waals surface area contributed by atoms with E-state index in [-0.39, 0.29) is 22.1 Å². The van der Waals surface area contributed by atoms with E-state index in [1.165, 1.54) is 30.2 Å². The average Bonchev–Trinajstić information content (AvgIpc) is 3.05. The van der Waals surface area contributed by atoms with Gasteiger partial charge in [-0.05, 0) is 35.9 Å². The SMILES string of the molecule is COc1ccc(N2C(=O)C(=O)/C(=C(/O)c3ccccc3)C2c2ccc(O)cc2)cc1Cl. The van der Waals surface area contributed by atoms with Crippen molar-refractivity contribution < 1.29 is 24.5 Å². The van der Waals surface area contributed by atoms with E-state index in [4.69, 9.17) is 16.3 Å². The molecule has 1 atom stereocenters. The third-order valence-electron chi connectivity index (χ3n) is 5.11. The monoisotopic (exact) mass is 435 g/mol. The van der Waals surface area contributed by atoms with Gasteiger partial charge in [-0.2, -0.15) is 0 Å². The zero-order chi connectivity index (χ0) is 22.1. The van der Waals surface area contributed by atoms with Gasteiger partial charge < -0.3 is 14.9 Å². The molecule has 1 heterocycles. The van der Waals surface area contributed by atoms with Crippen LogP contribution in [0.3, 0.4) is 0 Å². The largest absolute Gasteiger partial charge is 0.508 e. The van der Waals surface area contributed by atoms with E-state index in [1.54, 1.807) is 54.6 Å². The molecular formula is C24H18ClNO5. The summed E-state index contributed by atoms with van der Waals surface area (Å²) >= 11 is 6.26. The summed E-state index contributed by atoms with van der Waals surface area (Å²) in [7, 11) is 1.48. The minimum atomic E-state index is -0.912. The van der Waals surface area contributed by atoms with Crippen LogP contribution >= 0.6 is 11.6 Å². The molecule has 0 saturated carbocycles. The molecule has 1 aliphatic rings. The maximum Gasteiger partial charge on any atom is 0.300 e. The smallest absolute Gasteiger partial charge is 0.300 e. The molecule has 0 aliphatic carbocycles. The van der Waals surface area contributed by atoms with E-state index in [0.717, 1.165) is 0 Å². The normalized spacial score (nSPS) is 17.7. The number of anilines is 1. The summed E-state index contributed by atoms with van der Waals surface area (Å²) in [6, 6.07) is 18.5. The van der Waals surface area contributed by atoms with Crippen LogP contribution < -0.4 is 9.64 Å². The molecule has 0 radical (unpaired) electrons. The number of ketones is 1. The van der Waals surface area contributed by atoms with Crippen molar-refractivity contribution in [2.75, 3.05) is 12.0 Å².